The smallest absolute Gasteiger partial charge is 0.148 e. The van der Waals surface area contributed by atoms with E-state index in [1.54, 1.807) is 12.1 Å². The third kappa shape index (κ3) is 10.4. The van der Waals surface area contributed by atoms with Crippen LogP contribution in [0.5, 0.6) is 0 Å². The highest BCUT2D eigenvalue weighted by atomic mass is 19.1. The Labute approximate surface area is 496 Å². The second kappa shape index (κ2) is 21.1. The molecule has 0 spiro atoms. The Kier molecular flexibility index (Phi) is 14.0. The second-order valence-electron chi connectivity index (χ2n) is 27.0. The van der Waals surface area contributed by atoms with Crippen molar-refractivity contribution in [3.05, 3.63) is 264 Å². The third-order valence-electron chi connectivity index (χ3n) is 17.0. The van der Waals surface area contributed by atoms with Gasteiger partial charge in [0.15, 0.2) is 0 Å². The Morgan fingerprint density at radius 3 is 0.857 bits per heavy atom. The average Bonchev–Trinajstić information content (AvgIpc) is 0.958. The van der Waals surface area contributed by atoms with Crippen LogP contribution in [0.4, 0.5) is 42.9 Å². The highest BCUT2D eigenvalue weighted by Crippen LogP contribution is 2.52. The minimum Gasteiger partial charge on any atom is -0.307 e. The molecule has 0 bridgehead atoms. The van der Waals surface area contributed by atoms with E-state index < -0.39 is 0 Å². The zero-order chi connectivity index (χ0) is 59.0. The van der Waals surface area contributed by atoms with Crippen molar-refractivity contribution in [2.75, 3.05) is 9.80 Å². The van der Waals surface area contributed by atoms with Crippen molar-refractivity contribution in [2.45, 2.75) is 105 Å². The number of hydrogen-bond donors (Lipinski definition) is 0. The van der Waals surface area contributed by atoms with Crippen molar-refractivity contribution in [1.29, 1.82) is 0 Å². The van der Waals surface area contributed by atoms with Crippen molar-refractivity contribution in [2.24, 2.45) is 0 Å². The molecule has 418 valence electrons. The van der Waals surface area contributed by atoms with Gasteiger partial charge in [0.25, 0.3) is 0 Å². The average molecular weight is 1100 g/mol. The fourth-order valence-corrected chi connectivity index (χ4v) is 12.1. The molecule has 12 rings (SSSR count). The van der Waals surface area contributed by atoms with Gasteiger partial charge in [-0.3, -0.25) is 0 Å². The van der Waals surface area contributed by atoms with Crippen LogP contribution < -0.4 is 9.80 Å². The van der Waals surface area contributed by atoms with Gasteiger partial charge in [-0.05, 0) is 160 Å². The molecule has 0 saturated carbocycles. The van der Waals surface area contributed by atoms with Crippen LogP contribution in [-0.4, -0.2) is 0 Å². The maximum Gasteiger partial charge on any atom is 0.148 e. The van der Waals surface area contributed by atoms with Gasteiger partial charge in [-0.2, -0.15) is 0 Å². The third-order valence-corrected chi connectivity index (χ3v) is 17.0. The van der Waals surface area contributed by atoms with E-state index in [1.807, 2.05) is 36.4 Å². The highest BCUT2D eigenvalue weighted by molar-refractivity contribution is 6.28. The standard InChI is InChI=1S/C80H74F2N2/c1-77(2,3)59-35-23-51(24-36-59)57-47-67(53-27-39-61(40-28-53)79(7,8)9)75(69(81)49-57)83(63-19-15-13-16-20-63)71-45-33-55-32-44-66-72(46-34-56-31-43-65(71)73(55)74(56)66)84(64-21-17-14-18-22-64)76-68(54-29-41-62(42-30-54)80(10,11)12)48-58(50-70(76)82)52-25-37-60(38-26-52)78(4,5)6/h13-50H,1-12H3. The summed E-state index contributed by atoms with van der Waals surface area (Å²) in [7, 11) is 0. The van der Waals surface area contributed by atoms with E-state index >= 15 is 8.78 Å². The quantitative estimate of drug-likeness (QED) is 0.126. The number of nitrogens with zero attached hydrogens (tertiary/aromatic N) is 2. The first-order valence-electron chi connectivity index (χ1n) is 29.5. The van der Waals surface area contributed by atoms with Crippen LogP contribution in [0.2, 0.25) is 0 Å². The molecule has 0 aromatic heterocycles. The summed E-state index contributed by atoms with van der Waals surface area (Å²) in [5.41, 5.74) is 15.8. The minimum atomic E-state index is -0.337. The molecule has 0 aliphatic heterocycles. The number of halogens is 2. The van der Waals surface area contributed by atoms with E-state index in [4.69, 9.17) is 0 Å². The summed E-state index contributed by atoms with van der Waals surface area (Å²) in [6, 6.07) is 79.8. The summed E-state index contributed by atoms with van der Waals surface area (Å²) in [6.07, 6.45) is 0. The first kappa shape index (κ1) is 55.7. The molecule has 0 N–H and O–H groups in total. The summed E-state index contributed by atoms with van der Waals surface area (Å²) in [6.45, 7) is 26.6. The zero-order valence-electron chi connectivity index (χ0n) is 50.6. The summed E-state index contributed by atoms with van der Waals surface area (Å²) in [5, 5.41) is 6.09. The molecule has 0 heterocycles. The molecule has 2 nitrogen and oxygen atoms in total. The first-order chi connectivity index (χ1) is 40.0. The van der Waals surface area contributed by atoms with Crippen LogP contribution in [0, 0.1) is 11.6 Å². The molecule has 0 aliphatic rings. The van der Waals surface area contributed by atoms with Crippen molar-refractivity contribution in [3.8, 4) is 44.5 Å². The first-order valence-corrected chi connectivity index (χ1v) is 29.5. The fraction of sp³-hybridized carbons (Fsp3) is 0.200. The monoisotopic (exact) mass is 1100 g/mol. The largest absolute Gasteiger partial charge is 0.307 e. The predicted molar refractivity (Wildman–Crippen MR) is 356 cm³/mol. The lowest BCUT2D eigenvalue weighted by molar-refractivity contribution is 0.590. The van der Waals surface area contributed by atoms with Gasteiger partial charge in [-0.15, -0.1) is 0 Å². The summed E-state index contributed by atoms with van der Waals surface area (Å²) < 4.78 is 36.5. The van der Waals surface area contributed by atoms with Crippen LogP contribution in [0.3, 0.4) is 0 Å². The Morgan fingerprint density at radius 1 is 0.274 bits per heavy atom. The Bertz CT molecular complexity index is 4080. The van der Waals surface area contributed by atoms with E-state index in [-0.39, 0.29) is 33.3 Å². The molecule has 0 fully saturated rings. The van der Waals surface area contributed by atoms with E-state index in [2.05, 4.69) is 275 Å². The Hall–Kier alpha value is -8.86. The molecule has 12 aromatic carbocycles. The van der Waals surface area contributed by atoms with Crippen LogP contribution in [0.1, 0.15) is 105 Å². The van der Waals surface area contributed by atoms with Gasteiger partial charge in [0.2, 0.25) is 0 Å². The maximum atomic E-state index is 18.3. The molecule has 0 atom stereocenters. The number of para-hydroxylation sites is 2. The number of rotatable bonds is 10. The van der Waals surface area contributed by atoms with E-state index in [1.165, 1.54) is 22.3 Å². The molecule has 84 heavy (non-hydrogen) atoms. The lowest BCUT2D eigenvalue weighted by Crippen LogP contribution is -2.15. The Morgan fingerprint density at radius 2 is 0.560 bits per heavy atom. The second-order valence-corrected chi connectivity index (χ2v) is 27.0. The summed E-state index contributed by atoms with van der Waals surface area (Å²) >= 11 is 0. The molecule has 0 amide bonds. The fourth-order valence-electron chi connectivity index (χ4n) is 12.1. The van der Waals surface area contributed by atoms with Crippen LogP contribution in [-0.2, 0) is 21.7 Å². The van der Waals surface area contributed by atoms with Gasteiger partial charge in [-0.1, -0.05) is 253 Å². The molecule has 4 heteroatoms. The highest BCUT2D eigenvalue weighted by Gasteiger charge is 2.29. The predicted octanol–water partition coefficient (Wildman–Crippen LogP) is 23.7. The summed E-state index contributed by atoms with van der Waals surface area (Å²) in [4.78, 5) is 4.23. The molecule has 0 unspecified atom stereocenters. The molecular formula is C80H74F2N2. The lowest BCUT2D eigenvalue weighted by Gasteiger charge is -2.32. The van der Waals surface area contributed by atoms with Gasteiger partial charge in [0, 0.05) is 33.3 Å². The van der Waals surface area contributed by atoms with Gasteiger partial charge in [-0.25, -0.2) is 8.78 Å². The van der Waals surface area contributed by atoms with E-state index in [0.717, 1.165) is 99.6 Å². The van der Waals surface area contributed by atoms with E-state index in [9.17, 15) is 0 Å². The molecule has 0 saturated heterocycles. The van der Waals surface area contributed by atoms with Crippen molar-refractivity contribution >= 4 is 66.4 Å². The molecule has 0 aliphatic carbocycles. The zero-order valence-corrected chi connectivity index (χ0v) is 50.6. The van der Waals surface area contributed by atoms with E-state index in [0.29, 0.717) is 11.4 Å². The molecule has 0 radical (unpaired) electrons. The van der Waals surface area contributed by atoms with Gasteiger partial charge < -0.3 is 9.80 Å². The molecular weight excluding hydrogens is 1030 g/mol. The van der Waals surface area contributed by atoms with Crippen molar-refractivity contribution in [1.82, 2.24) is 0 Å². The normalized spacial score (nSPS) is 12.4. The van der Waals surface area contributed by atoms with Crippen molar-refractivity contribution < 1.29 is 8.78 Å². The van der Waals surface area contributed by atoms with Crippen LogP contribution in [0.25, 0.3) is 76.8 Å². The lowest BCUT2D eigenvalue weighted by atomic mass is 9.85. The SMILES string of the molecule is CC(C)(C)c1ccc(-c2cc(F)c(N(c3ccccc3)c3ccc4ccc5c(N(c6ccccc6)c6c(F)cc(-c7ccc(C(C)(C)C)cc7)cc6-c6ccc(C(C)(C)C)cc6)ccc6ccc3c4c65)c(-c3ccc(C(C)(C)C)cc3)c2)cc1. The van der Waals surface area contributed by atoms with Gasteiger partial charge >= 0.3 is 0 Å². The van der Waals surface area contributed by atoms with Crippen molar-refractivity contribution in [3.63, 3.8) is 0 Å². The van der Waals surface area contributed by atoms with Crippen LogP contribution in [0.15, 0.2) is 231 Å². The van der Waals surface area contributed by atoms with Gasteiger partial charge in [0.05, 0.1) is 22.7 Å². The van der Waals surface area contributed by atoms with Gasteiger partial charge in [0.1, 0.15) is 11.6 Å². The van der Waals surface area contributed by atoms with Crippen LogP contribution >= 0.6 is 0 Å². The Balaban J connectivity index is 1.09. The number of benzene rings is 12. The minimum absolute atomic E-state index is 0.0271. The number of hydrogen-bond acceptors (Lipinski definition) is 2. The maximum absolute atomic E-state index is 18.3. The summed E-state index contributed by atoms with van der Waals surface area (Å²) in [5.74, 6) is -0.673. The molecule has 12 aromatic rings. The topological polar surface area (TPSA) is 6.48 Å². The number of anilines is 6.